The number of amides is 2. The molecule has 0 saturated carbocycles. The van der Waals surface area contributed by atoms with Crippen molar-refractivity contribution < 1.29 is 14.3 Å². The third kappa shape index (κ3) is 3.82. The van der Waals surface area contributed by atoms with Crippen LogP contribution < -0.4 is 10.6 Å². The molecule has 0 aliphatic heterocycles. The molecule has 1 heterocycles. The Bertz CT molecular complexity index is 634. The van der Waals surface area contributed by atoms with Gasteiger partial charge < -0.3 is 10.1 Å². The number of nitrogens with zero attached hydrogens (tertiary/aromatic N) is 1. The summed E-state index contributed by atoms with van der Waals surface area (Å²) in [6.45, 7) is 1.97. The zero-order chi connectivity index (χ0) is 15.2. The van der Waals surface area contributed by atoms with E-state index < -0.39 is 6.09 Å². The molecular formula is C14H16N4O3. The lowest BCUT2D eigenvalue weighted by Gasteiger charge is -2.06. The van der Waals surface area contributed by atoms with Gasteiger partial charge in [0.2, 0.25) is 0 Å². The lowest BCUT2D eigenvalue weighted by Crippen LogP contribution is -2.13. The summed E-state index contributed by atoms with van der Waals surface area (Å²) >= 11 is 0. The van der Waals surface area contributed by atoms with Crippen LogP contribution in [0.5, 0.6) is 0 Å². The molecule has 7 nitrogen and oxygen atoms in total. The number of nitrogens with one attached hydrogen (secondary N) is 3. The van der Waals surface area contributed by atoms with Gasteiger partial charge in [-0.15, -0.1) is 0 Å². The van der Waals surface area contributed by atoms with Crippen molar-refractivity contribution in [3.63, 3.8) is 0 Å². The quantitative estimate of drug-likeness (QED) is 0.805. The Morgan fingerprint density at radius 1 is 1.19 bits per heavy atom. The number of carbonyl (C=O) groups excluding carboxylic acids is 2. The van der Waals surface area contributed by atoms with E-state index in [2.05, 4.69) is 25.6 Å². The second-order valence-corrected chi connectivity index (χ2v) is 4.28. The van der Waals surface area contributed by atoms with Crippen molar-refractivity contribution in [3.05, 3.63) is 41.7 Å². The number of rotatable bonds is 4. The SMILES string of the molecule is CCc1cc(C(=O)Nc2ccc(NC(=O)OC)cc2)n[nH]1. The Labute approximate surface area is 121 Å². The van der Waals surface area contributed by atoms with E-state index in [0.29, 0.717) is 17.1 Å². The van der Waals surface area contributed by atoms with Crippen LogP contribution in [-0.2, 0) is 11.2 Å². The number of aromatic nitrogens is 2. The molecular weight excluding hydrogens is 272 g/mol. The molecule has 0 spiro atoms. The minimum atomic E-state index is -0.546. The summed E-state index contributed by atoms with van der Waals surface area (Å²) < 4.78 is 4.49. The predicted octanol–water partition coefficient (Wildman–Crippen LogP) is 2.40. The normalized spacial score (nSPS) is 10.0. The summed E-state index contributed by atoms with van der Waals surface area (Å²) in [6, 6.07) is 8.39. The van der Waals surface area contributed by atoms with Crippen molar-refractivity contribution in [3.8, 4) is 0 Å². The molecule has 21 heavy (non-hydrogen) atoms. The van der Waals surface area contributed by atoms with E-state index in [4.69, 9.17) is 0 Å². The zero-order valence-corrected chi connectivity index (χ0v) is 11.8. The maximum atomic E-state index is 12.0. The first kappa shape index (κ1) is 14.6. The molecule has 110 valence electrons. The molecule has 2 aromatic rings. The maximum absolute atomic E-state index is 12.0. The molecule has 2 amide bonds. The Balaban J connectivity index is 1.99. The first-order valence-corrected chi connectivity index (χ1v) is 6.43. The van der Waals surface area contributed by atoms with Crippen LogP contribution in [0.4, 0.5) is 16.2 Å². The number of hydrogen-bond acceptors (Lipinski definition) is 4. The van der Waals surface area contributed by atoms with Crippen LogP contribution in [0.25, 0.3) is 0 Å². The third-order valence-corrected chi connectivity index (χ3v) is 2.82. The van der Waals surface area contributed by atoms with Crippen molar-refractivity contribution in [1.29, 1.82) is 0 Å². The average Bonchev–Trinajstić information content (AvgIpc) is 2.98. The van der Waals surface area contributed by atoms with Crippen molar-refractivity contribution in [2.45, 2.75) is 13.3 Å². The minimum absolute atomic E-state index is 0.292. The lowest BCUT2D eigenvalue weighted by molar-refractivity contribution is 0.102. The Hall–Kier alpha value is -2.83. The highest BCUT2D eigenvalue weighted by Gasteiger charge is 2.10. The maximum Gasteiger partial charge on any atom is 0.411 e. The van der Waals surface area contributed by atoms with Crippen molar-refractivity contribution in [1.82, 2.24) is 10.2 Å². The smallest absolute Gasteiger partial charge is 0.411 e. The van der Waals surface area contributed by atoms with Gasteiger partial charge in [0.05, 0.1) is 7.11 Å². The van der Waals surface area contributed by atoms with Crippen molar-refractivity contribution >= 4 is 23.4 Å². The van der Waals surface area contributed by atoms with Gasteiger partial charge in [0.1, 0.15) is 0 Å². The highest BCUT2D eigenvalue weighted by Crippen LogP contribution is 2.14. The number of methoxy groups -OCH3 is 1. The second kappa shape index (κ2) is 6.56. The van der Waals surface area contributed by atoms with E-state index in [9.17, 15) is 9.59 Å². The van der Waals surface area contributed by atoms with Crippen LogP contribution in [0, 0.1) is 0 Å². The van der Waals surface area contributed by atoms with Crippen LogP contribution in [0.2, 0.25) is 0 Å². The van der Waals surface area contributed by atoms with Crippen LogP contribution in [0.15, 0.2) is 30.3 Å². The number of hydrogen-bond donors (Lipinski definition) is 3. The highest BCUT2D eigenvalue weighted by atomic mass is 16.5. The van der Waals surface area contributed by atoms with Crippen molar-refractivity contribution in [2.24, 2.45) is 0 Å². The number of benzene rings is 1. The number of anilines is 2. The molecule has 0 radical (unpaired) electrons. The molecule has 1 aromatic carbocycles. The van der Waals surface area contributed by atoms with Crippen LogP contribution >= 0.6 is 0 Å². The van der Waals surface area contributed by atoms with Crippen LogP contribution in [-0.4, -0.2) is 29.3 Å². The first-order chi connectivity index (χ1) is 10.1. The molecule has 0 aliphatic rings. The fraction of sp³-hybridized carbons (Fsp3) is 0.214. The number of aromatic amines is 1. The molecule has 2 rings (SSSR count). The topological polar surface area (TPSA) is 96.1 Å². The van der Waals surface area contributed by atoms with Gasteiger partial charge in [0.15, 0.2) is 5.69 Å². The highest BCUT2D eigenvalue weighted by molar-refractivity contribution is 6.03. The molecule has 0 aliphatic carbocycles. The fourth-order valence-electron chi connectivity index (χ4n) is 1.66. The molecule has 0 saturated heterocycles. The fourth-order valence-corrected chi connectivity index (χ4v) is 1.66. The molecule has 0 bridgehead atoms. The summed E-state index contributed by atoms with van der Waals surface area (Å²) in [4.78, 5) is 23.0. The van der Waals surface area contributed by atoms with Gasteiger partial charge in [-0.05, 0) is 36.8 Å². The van der Waals surface area contributed by atoms with Gasteiger partial charge in [-0.1, -0.05) is 6.92 Å². The summed E-state index contributed by atoms with van der Waals surface area (Å²) in [5.74, 6) is -0.292. The summed E-state index contributed by atoms with van der Waals surface area (Å²) in [5, 5.41) is 12.0. The average molecular weight is 288 g/mol. The van der Waals surface area contributed by atoms with E-state index >= 15 is 0 Å². The van der Waals surface area contributed by atoms with Crippen molar-refractivity contribution in [2.75, 3.05) is 17.7 Å². The number of H-pyrrole nitrogens is 1. The second-order valence-electron chi connectivity index (χ2n) is 4.28. The van der Waals surface area contributed by atoms with E-state index in [0.717, 1.165) is 12.1 Å². The monoisotopic (exact) mass is 288 g/mol. The third-order valence-electron chi connectivity index (χ3n) is 2.82. The van der Waals surface area contributed by atoms with Gasteiger partial charge in [0, 0.05) is 17.1 Å². The largest absolute Gasteiger partial charge is 0.453 e. The molecule has 0 fully saturated rings. The van der Waals surface area contributed by atoms with E-state index in [-0.39, 0.29) is 5.91 Å². The standard InChI is InChI=1S/C14H16N4O3/c1-3-9-8-12(18-17-9)13(19)15-10-4-6-11(7-5-10)16-14(20)21-2/h4-8H,3H2,1-2H3,(H,15,19)(H,16,20)(H,17,18). The molecule has 7 heteroatoms. The minimum Gasteiger partial charge on any atom is -0.453 e. The van der Waals surface area contributed by atoms with E-state index in [1.807, 2.05) is 6.92 Å². The van der Waals surface area contributed by atoms with Gasteiger partial charge in [-0.3, -0.25) is 15.2 Å². The number of aryl methyl sites for hydroxylation is 1. The summed E-state index contributed by atoms with van der Waals surface area (Å²) in [5.41, 5.74) is 2.42. The molecule has 0 unspecified atom stereocenters. The van der Waals surface area contributed by atoms with Crippen LogP contribution in [0.3, 0.4) is 0 Å². The predicted molar refractivity (Wildman–Crippen MR) is 78.4 cm³/mol. The van der Waals surface area contributed by atoms with Gasteiger partial charge in [0.25, 0.3) is 5.91 Å². The van der Waals surface area contributed by atoms with Gasteiger partial charge >= 0.3 is 6.09 Å². The lowest BCUT2D eigenvalue weighted by atomic mass is 10.2. The van der Waals surface area contributed by atoms with Gasteiger partial charge in [-0.2, -0.15) is 5.10 Å². The summed E-state index contributed by atoms with van der Waals surface area (Å²) in [6.07, 6.45) is 0.240. The molecule has 3 N–H and O–H groups in total. The molecule has 0 atom stereocenters. The number of carbonyl (C=O) groups is 2. The zero-order valence-electron chi connectivity index (χ0n) is 11.8. The van der Waals surface area contributed by atoms with Crippen LogP contribution in [0.1, 0.15) is 23.1 Å². The Morgan fingerprint density at radius 2 is 1.81 bits per heavy atom. The molecule has 1 aromatic heterocycles. The summed E-state index contributed by atoms with van der Waals surface area (Å²) in [7, 11) is 1.29. The van der Waals surface area contributed by atoms with E-state index in [1.165, 1.54) is 7.11 Å². The van der Waals surface area contributed by atoms with E-state index in [1.54, 1.807) is 30.3 Å². The Morgan fingerprint density at radius 3 is 2.33 bits per heavy atom. The number of ether oxygens (including phenoxy) is 1. The van der Waals surface area contributed by atoms with Gasteiger partial charge in [-0.25, -0.2) is 4.79 Å². The Kier molecular flexibility index (Phi) is 4.55. The first-order valence-electron chi connectivity index (χ1n) is 6.43.